The van der Waals surface area contributed by atoms with E-state index in [9.17, 15) is 4.79 Å². The fraction of sp³-hybridized carbons (Fsp3) is 0.250. The fourth-order valence-electron chi connectivity index (χ4n) is 0.756. The van der Waals surface area contributed by atoms with Crippen LogP contribution in [0.1, 0.15) is 5.56 Å². The van der Waals surface area contributed by atoms with Gasteiger partial charge in [-0.05, 0) is 22.0 Å². The molecular formula is C8H9BrN2O2. The third kappa shape index (κ3) is 3.42. The molecule has 0 saturated carbocycles. The first-order chi connectivity index (χ1) is 6.22. The van der Waals surface area contributed by atoms with Gasteiger partial charge >= 0.3 is 6.09 Å². The lowest BCUT2D eigenvalue weighted by atomic mass is 10.3. The van der Waals surface area contributed by atoms with E-state index in [0.717, 1.165) is 10.0 Å². The Hall–Kier alpha value is -1.10. The molecule has 0 aromatic carbocycles. The summed E-state index contributed by atoms with van der Waals surface area (Å²) in [7, 11) is 1.52. The number of amides is 1. The number of carbonyl (C=O) groups is 1. The van der Waals surface area contributed by atoms with E-state index in [1.54, 1.807) is 12.4 Å². The molecule has 0 fully saturated rings. The van der Waals surface area contributed by atoms with E-state index in [0.29, 0.717) is 0 Å². The van der Waals surface area contributed by atoms with Crippen LogP contribution in [0.4, 0.5) is 4.79 Å². The number of hydrogen-bond donors (Lipinski definition) is 1. The molecule has 1 aromatic rings. The summed E-state index contributed by atoms with van der Waals surface area (Å²) in [6, 6.07) is 1.84. The number of halogens is 1. The van der Waals surface area contributed by atoms with Crippen molar-refractivity contribution in [2.24, 2.45) is 0 Å². The zero-order valence-electron chi connectivity index (χ0n) is 7.08. The van der Waals surface area contributed by atoms with Crippen molar-refractivity contribution in [2.75, 3.05) is 7.05 Å². The Balaban J connectivity index is 2.50. The predicted octanol–water partition coefficient (Wildman–Crippen LogP) is 1.70. The molecule has 0 aliphatic rings. The van der Waals surface area contributed by atoms with Crippen molar-refractivity contribution >= 4 is 22.0 Å². The molecule has 13 heavy (non-hydrogen) atoms. The molecule has 0 aliphatic carbocycles. The minimum atomic E-state index is -0.444. The molecule has 5 heteroatoms. The van der Waals surface area contributed by atoms with Crippen LogP contribution in [-0.4, -0.2) is 18.1 Å². The standard InChI is InChI=1S/C8H9BrN2O2/c1-10-8(12)13-5-6-2-7(9)4-11-3-6/h2-4H,5H2,1H3,(H,10,12). The molecule has 0 aliphatic heterocycles. The Morgan fingerprint density at radius 1 is 1.69 bits per heavy atom. The first kappa shape index (κ1) is 9.98. The number of ether oxygens (including phenoxy) is 1. The van der Waals surface area contributed by atoms with E-state index in [2.05, 4.69) is 26.2 Å². The van der Waals surface area contributed by atoms with Gasteiger partial charge in [-0.25, -0.2) is 4.79 Å². The summed E-state index contributed by atoms with van der Waals surface area (Å²) in [6.45, 7) is 0.228. The van der Waals surface area contributed by atoms with Gasteiger partial charge in [0.2, 0.25) is 0 Å². The molecule has 1 N–H and O–H groups in total. The second kappa shape index (κ2) is 4.81. The Labute approximate surface area is 84.4 Å². The van der Waals surface area contributed by atoms with Crippen molar-refractivity contribution in [3.8, 4) is 0 Å². The number of nitrogens with one attached hydrogen (secondary N) is 1. The second-order valence-corrected chi connectivity index (χ2v) is 3.25. The van der Waals surface area contributed by atoms with E-state index in [4.69, 9.17) is 4.74 Å². The highest BCUT2D eigenvalue weighted by Crippen LogP contribution is 2.10. The summed E-state index contributed by atoms with van der Waals surface area (Å²) < 4.78 is 5.69. The van der Waals surface area contributed by atoms with Crippen LogP contribution in [-0.2, 0) is 11.3 Å². The summed E-state index contributed by atoms with van der Waals surface area (Å²) in [4.78, 5) is 14.6. The number of aromatic nitrogens is 1. The highest BCUT2D eigenvalue weighted by molar-refractivity contribution is 9.10. The quantitative estimate of drug-likeness (QED) is 0.862. The minimum Gasteiger partial charge on any atom is -0.445 e. The van der Waals surface area contributed by atoms with Crippen molar-refractivity contribution in [1.29, 1.82) is 0 Å². The average Bonchev–Trinajstić information content (AvgIpc) is 2.14. The molecular weight excluding hydrogens is 236 g/mol. The molecule has 0 radical (unpaired) electrons. The molecule has 1 heterocycles. The van der Waals surface area contributed by atoms with Gasteiger partial charge in [0, 0.05) is 29.5 Å². The van der Waals surface area contributed by atoms with E-state index < -0.39 is 6.09 Å². The van der Waals surface area contributed by atoms with Crippen LogP contribution in [0.5, 0.6) is 0 Å². The van der Waals surface area contributed by atoms with Gasteiger partial charge in [-0.3, -0.25) is 4.98 Å². The number of carbonyl (C=O) groups excluding carboxylic acids is 1. The summed E-state index contributed by atoms with van der Waals surface area (Å²) in [5.74, 6) is 0. The molecule has 0 bridgehead atoms. The number of alkyl carbamates (subject to hydrolysis) is 1. The lowest BCUT2D eigenvalue weighted by Crippen LogP contribution is -2.18. The van der Waals surface area contributed by atoms with Crippen LogP contribution in [0.2, 0.25) is 0 Å². The summed E-state index contributed by atoms with van der Waals surface area (Å²) >= 11 is 3.27. The first-order valence-electron chi connectivity index (χ1n) is 3.66. The summed E-state index contributed by atoms with van der Waals surface area (Å²) in [5.41, 5.74) is 0.845. The third-order valence-electron chi connectivity index (χ3n) is 1.34. The average molecular weight is 245 g/mol. The van der Waals surface area contributed by atoms with Crippen molar-refractivity contribution in [2.45, 2.75) is 6.61 Å². The van der Waals surface area contributed by atoms with Gasteiger partial charge in [0.25, 0.3) is 0 Å². The minimum absolute atomic E-state index is 0.228. The van der Waals surface area contributed by atoms with E-state index in [1.807, 2.05) is 6.07 Å². The Bertz CT molecular complexity index is 304. The monoisotopic (exact) mass is 244 g/mol. The van der Waals surface area contributed by atoms with Gasteiger partial charge in [-0.1, -0.05) is 0 Å². The molecule has 0 spiro atoms. The van der Waals surface area contributed by atoms with Gasteiger partial charge in [0.15, 0.2) is 0 Å². The SMILES string of the molecule is CNC(=O)OCc1cncc(Br)c1. The fourth-order valence-corrected chi connectivity index (χ4v) is 1.17. The number of pyridine rings is 1. The molecule has 0 atom stereocenters. The molecule has 1 amide bonds. The van der Waals surface area contributed by atoms with E-state index in [-0.39, 0.29) is 6.61 Å². The first-order valence-corrected chi connectivity index (χ1v) is 4.45. The Morgan fingerprint density at radius 3 is 3.08 bits per heavy atom. The smallest absolute Gasteiger partial charge is 0.407 e. The normalized spacial score (nSPS) is 9.38. The van der Waals surface area contributed by atoms with Gasteiger partial charge in [0.1, 0.15) is 6.61 Å². The van der Waals surface area contributed by atoms with Crippen LogP contribution in [0.15, 0.2) is 22.9 Å². The third-order valence-corrected chi connectivity index (χ3v) is 1.77. The van der Waals surface area contributed by atoms with E-state index in [1.165, 1.54) is 7.05 Å². The number of nitrogens with zero attached hydrogens (tertiary/aromatic N) is 1. The topological polar surface area (TPSA) is 51.2 Å². The number of rotatable bonds is 2. The summed E-state index contributed by atoms with van der Waals surface area (Å²) in [6.07, 6.45) is 2.87. The number of hydrogen-bond acceptors (Lipinski definition) is 3. The Kier molecular flexibility index (Phi) is 3.70. The van der Waals surface area contributed by atoms with Gasteiger partial charge in [0.05, 0.1) is 0 Å². The molecule has 4 nitrogen and oxygen atoms in total. The Morgan fingerprint density at radius 2 is 2.46 bits per heavy atom. The zero-order valence-corrected chi connectivity index (χ0v) is 8.67. The van der Waals surface area contributed by atoms with Gasteiger partial charge in [-0.15, -0.1) is 0 Å². The van der Waals surface area contributed by atoms with Crippen LogP contribution >= 0.6 is 15.9 Å². The van der Waals surface area contributed by atoms with Crippen molar-refractivity contribution in [3.63, 3.8) is 0 Å². The lowest BCUT2D eigenvalue weighted by molar-refractivity contribution is 0.142. The largest absolute Gasteiger partial charge is 0.445 e. The molecule has 0 saturated heterocycles. The lowest BCUT2D eigenvalue weighted by Gasteiger charge is -2.03. The van der Waals surface area contributed by atoms with Crippen LogP contribution in [0.25, 0.3) is 0 Å². The molecule has 1 rings (SSSR count). The van der Waals surface area contributed by atoms with Crippen molar-refractivity contribution in [3.05, 3.63) is 28.5 Å². The molecule has 70 valence electrons. The van der Waals surface area contributed by atoms with Crippen molar-refractivity contribution < 1.29 is 9.53 Å². The van der Waals surface area contributed by atoms with Crippen LogP contribution in [0.3, 0.4) is 0 Å². The highest BCUT2D eigenvalue weighted by Gasteiger charge is 1.99. The van der Waals surface area contributed by atoms with Crippen LogP contribution in [0, 0.1) is 0 Å². The maximum atomic E-state index is 10.7. The van der Waals surface area contributed by atoms with Crippen molar-refractivity contribution in [1.82, 2.24) is 10.3 Å². The van der Waals surface area contributed by atoms with Crippen LogP contribution < -0.4 is 5.32 Å². The maximum absolute atomic E-state index is 10.7. The maximum Gasteiger partial charge on any atom is 0.407 e. The second-order valence-electron chi connectivity index (χ2n) is 2.34. The van der Waals surface area contributed by atoms with Gasteiger partial charge < -0.3 is 10.1 Å². The van der Waals surface area contributed by atoms with E-state index >= 15 is 0 Å². The molecule has 1 aromatic heterocycles. The molecule has 0 unspecified atom stereocenters. The van der Waals surface area contributed by atoms with Gasteiger partial charge in [-0.2, -0.15) is 0 Å². The summed E-state index contributed by atoms with van der Waals surface area (Å²) in [5, 5.41) is 2.36. The zero-order chi connectivity index (χ0) is 9.68. The predicted molar refractivity (Wildman–Crippen MR) is 51.2 cm³/mol. The highest BCUT2D eigenvalue weighted by atomic mass is 79.9.